The number of pyridine rings is 1. The first kappa shape index (κ1) is 14.4. The lowest BCUT2D eigenvalue weighted by molar-refractivity contribution is -0.123. The topological polar surface area (TPSA) is 45.2 Å². The second-order valence-corrected chi connectivity index (χ2v) is 5.62. The molecule has 1 rings (SSSR count). The Bertz CT molecular complexity index is 412. The van der Waals surface area contributed by atoms with Crippen molar-refractivity contribution in [3.8, 4) is 0 Å². The number of hydrogen-bond donors (Lipinski definition) is 1. The van der Waals surface area contributed by atoms with Crippen molar-refractivity contribution in [2.45, 2.75) is 6.92 Å². The van der Waals surface area contributed by atoms with Crippen LogP contribution in [0, 0.1) is 5.92 Å². The first-order valence-corrected chi connectivity index (χ1v) is 6.78. The largest absolute Gasteiger partial charge is 0.359 e. The Morgan fingerprint density at radius 1 is 1.59 bits per heavy atom. The summed E-state index contributed by atoms with van der Waals surface area (Å²) in [5, 5.41) is 2.64. The van der Waals surface area contributed by atoms with Gasteiger partial charge in [-0.15, -0.1) is 0 Å². The highest BCUT2D eigenvalue weighted by molar-refractivity contribution is 9.11. The van der Waals surface area contributed by atoms with E-state index in [-0.39, 0.29) is 11.8 Å². The fourth-order valence-corrected chi connectivity index (χ4v) is 2.81. The van der Waals surface area contributed by atoms with Gasteiger partial charge in [0, 0.05) is 31.3 Å². The Labute approximate surface area is 118 Å². The van der Waals surface area contributed by atoms with Gasteiger partial charge in [0.1, 0.15) is 5.82 Å². The van der Waals surface area contributed by atoms with Crippen molar-refractivity contribution in [1.29, 1.82) is 0 Å². The van der Waals surface area contributed by atoms with E-state index < -0.39 is 0 Å². The second-order valence-electron chi connectivity index (χ2n) is 3.85. The van der Waals surface area contributed by atoms with Gasteiger partial charge in [-0.05, 0) is 37.9 Å². The maximum Gasteiger partial charge on any atom is 0.224 e. The molecule has 1 atom stereocenters. The van der Waals surface area contributed by atoms with Gasteiger partial charge < -0.3 is 10.2 Å². The van der Waals surface area contributed by atoms with Crippen LogP contribution in [0.5, 0.6) is 0 Å². The number of amides is 1. The van der Waals surface area contributed by atoms with E-state index in [2.05, 4.69) is 42.2 Å². The second kappa shape index (κ2) is 6.35. The summed E-state index contributed by atoms with van der Waals surface area (Å²) >= 11 is 6.81. The molecule has 1 aromatic rings. The van der Waals surface area contributed by atoms with Crippen LogP contribution in [0.25, 0.3) is 0 Å². The number of nitrogens with one attached hydrogen (secondary N) is 1. The third kappa shape index (κ3) is 3.96. The Kier molecular flexibility index (Phi) is 5.39. The van der Waals surface area contributed by atoms with Crippen LogP contribution in [-0.2, 0) is 4.79 Å². The number of halogens is 2. The highest BCUT2D eigenvalue weighted by Gasteiger charge is 2.16. The third-order valence-electron chi connectivity index (χ3n) is 2.39. The van der Waals surface area contributed by atoms with Gasteiger partial charge in [-0.25, -0.2) is 4.98 Å². The van der Waals surface area contributed by atoms with Crippen molar-refractivity contribution in [3.63, 3.8) is 0 Å². The average molecular weight is 365 g/mol. The van der Waals surface area contributed by atoms with Gasteiger partial charge in [0.25, 0.3) is 0 Å². The van der Waals surface area contributed by atoms with Gasteiger partial charge in [-0.1, -0.05) is 6.92 Å². The third-order valence-corrected chi connectivity index (χ3v) is 3.41. The lowest BCUT2D eigenvalue weighted by atomic mass is 10.1. The van der Waals surface area contributed by atoms with Gasteiger partial charge >= 0.3 is 0 Å². The van der Waals surface area contributed by atoms with Gasteiger partial charge in [0.2, 0.25) is 5.91 Å². The number of aromatic nitrogens is 1. The van der Waals surface area contributed by atoms with Gasteiger partial charge in [0.15, 0.2) is 0 Å². The van der Waals surface area contributed by atoms with Crippen LogP contribution >= 0.6 is 31.9 Å². The predicted octanol–water partition coefficient (Wildman–Crippen LogP) is 2.42. The van der Waals surface area contributed by atoms with E-state index >= 15 is 0 Å². The number of carbonyl (C=O) groups excluding carboxylic acids is 1. The van der Waals surface area contributed by atoms with E-state index in [0.29, 0.717) is 6.54 Å². The van der Waals surface area contributed by atoms with Crippen LogP contribution < -0.4 is 10.2 Å². The molecule has 1 heterocycles. The molecule has 1 aromatic heterocycles. The Morgan fingerprint density at radius 2 is 2.24 bits per heavy atom. The van der Waals surface area contributed by atoms with Crippen molar-refractivity contribution in [3.05, 3.63) is 21.2 Å². The molecular weight excluding hydrogens is 350 g/mol. The predicted molar refractivity (Wildman–Crippen MR) is 76.1 cm³/mol. The quantitative estimate of drug-likeness (QED) is 0.892. The maximum absolute atomic E-state index is 11.4. The van der Waals surface area contributed by atoms with Crippen LogP contribution in [-0.4, -0.2) is 31.5 Å². The summed E-state index contributed by atoms with van der Waals surface area (Å²) < 4.78 is 1.82. The van der Waals surface area contributed by atoms with Crippen LogP contribution in [0.15, 0.2) is 21.2 Å². The minimum absolute atomic E-state index is 0.0325. The molecule has 0 saturated heterocycles. The molecule has 6 heteroatoms. The van der Waals surface area contributed by atoms with E-state index in [9.17, 15) is 4.79 Å². The fourth-order valence-electron chi connectivity index (χ4n) is 1.51. The van der Waals surface area contributed by atoms with Gasteiger partial charge in [-0.3, -0.25) is 4.79 Å². The molecule has 1 unspecified atom stereocenters. The molecule has 0 aromatic carbocycles. The summed E-state index contributed by atoms with van der Waals surface area (Å²) in [7, 11) is 3.56. The summed E-state index contributed by atoms with van der Waals surface area (Å²) in [4.78, 5) is 17.7. The number of carbonyl (C=O) groups is 1. The van der Waals surface area contributed by atoms with Crippen LogP contribution in [0.2, 0.25) is 0 Å². The number of anilines is 1. The zero-order valence-corrected chi connectivity index (χ0v) is 13.2. The van der Waals surface area contributed by atoms with E-state index in [1.54, 1.807) is 13.2 Å². The number of hydrogen-bond acceptors (Lipinski definition) is 3. The zero-order valence-electron chi connectivity index (χ0n) is 10.00. The van der Waals surface area contributed by atoms with Gasteiger partial charge in [0.05, 0.1) is 10.4 Å². The first-order chi connectivity index (χ1) is 7.95. The Hall–Kier alpha value is -0.620. The lowest BCUT2D eigenvalue weighted by Gasteiger charge is -2.22. The monoisotopic (exact) mass is 363 g/mol. The molecule has 0 spiro atoms. The van der Waals surface area contributed by atoms with Crippen LogP contribution in [0.4, 0.5) is 5.82 Å². The molecule has 0 bridgehead atoms. The molecule has 0 aliphatic rings. The van der Waals surface area contributed by atoms with Crippen molar-refractivity contribution >= 4 is 43.6 Å². The molecule has 0 fully saturated rings. The minimum atomic E-state index is -0.0812. The van der Waals surface area contributed by atoms with Crippen molar-refractivity contribution in [2.75, 3.05) is 25.5 Å². The Morgan fingerprint density at radius 3 is 2.76 bits per heavy atom. The molecule has 0 saturated carbocycles. The highest BCUT2D eigenvalue weighted by atomic mass is 79.9. The van der Waals surface area contributed by atoms with Crippen molar-refractivity contribution in [2.24, 2.45) is 5.92 Å². The van der Waals surface area contributed by atoms with E-state index in [1.807, 2.05) is 24.9 Å². The standard InChI is InChI=1S/C11H15Br2N3O/c1-7(11(17)14-2)6-16(3)10-9(13)4-8(12)5-15-10/h4-5,7H,6H2,1-3H3,(H,14,17). The number of nitrogens with zero attached hydrogens (tertiary/aromatic N) is 2. The molecule has 1 amide bonds. The van der Waals surface area contributed by atoms with Crippen LogP contribution in [0.1, 0.15) is 6.92 Å². The molecule has 0 radical (unpaired) electrons. The summed E-state index contributed by atoms with van der Waals surface area (Å²) in [6.45, 7) is 2.51. The molecule has 0 aliphatic heterocycles. The van der Waals surface area contributed by atoms with E-state index in [0.717, 1.165) is 14.8 Å². The lowest BCUT2D eigenvalue weighted by Crippen LogP contribution is -2.34. The molecule has 17 heavy (non-hydrogen) atoms. The van der Waals surface area contributed by atoms with Crippen LogP contribution in [0.3, 0.4) is 0 Å². The zero-order chi connectivity index (χ0) is 13.0. The smallest absolute Gasteiger partial charge is 0.224 e. The average Bonchev–Trinajstić information content (AvgIpc) is 2.27. The summed E-state index contributed by atoms with van der Waals surface area (Å²) in [6, 6.07) is 1.93. The maximum atomic E-state index is 11.4. The van der Waals surface area contributed by atoms with E-state index in [1.165, 1.54) is 0 Å². The van der Waals surface area contributed by atoms with Gasteiger partial charge in [-0.2, -0.15) is 0 Å². The molecular formula is C11H15Br2N3O. The van der Waals surface area contributed by atoms with Crippen molar-refractivity contribution < 1.29 is 4.79 Å². The fraction of sp³-hybridized carbons (Fsp3) is 0.455. The molecule has 4 nitrogen and oxygen atoms in total. The van der Waals surface area contributed by atoms with Crippen molar-refractivity contribution in [1.82, 2.24) is 10.3 Å². The molecule has 94 valence electrons. The molecule has 0 aliphatic carbocycles. The normalized spacial score (nSPS) is 12.1. The minimum Gasteiger partial charge on any atom is -0.359 e. The Balaban J connectivity index is 2.76. The summed E-state index contributed by atoms with van der Waals surface area (Å²) in [6.07, 6.45) is 1.74. The first-order valence-electron chi connectivity index (χ1n) is 5.19. The highest BCUT2D eigenvalue weighted by Crippen LogP contribution is 2.26. The number of rotatable bonds is 4. The van der Waals surface area contributed by atoms with E-state index in [4.69, 9.17) is 0 Å². The SMILES string of the molecule is CNC(=O)C(C)CN(C)c1ncc(Br)cc1Br. The summed E-state index contributed by atoms with van der Waals surface area (Å²) in [5.41, 5.74) is 0. The molecule has 1 N–H and O–H groups in total. The summed E-state index contributed by atoms with van der Waals surface area (Å²) in [5.74, 6) is 0.774.